The van der Waals surface area contributed by atoms with Gasteiger partial charge < -0.3 is 28.7 Å². The van der Waals surface area contributed by atoms with E-state index in [0.717, 1.165) is 99.5 Å². The smallest absolute Gasteiger partial charge is 0.275 e. The molecule has 0 radical (unpaired) electrons. The van der Waals surface area contributed by atoms with E-state index < -0.39 is 0 Å². The first-order valence-corrected chi connectivity index (χ1v) is 42.9. The molecule has 0 saturated heterocycles. The second-order valence-electron chi connectivity index (χ2n) is 34.4. The molecule has 10 atom stereocenters. The van der Waals surface area contributed by atoms with Crippen LogP contribution in [0.15, 0.2) is 0 Å². The van der Waals surface area contributed by atoms with Crippen LogP contribution in [0.2, 0.25) is 0 Å². The van der Waals surface area contributed by atoms with Crippen molar-refractivity contribution in [2.75, 3.05) is 79.8 Å². The van der Waals surface area contributed by atoms with E-state index in [-0.39, 0.29) is 18.1 Å². The van der Waals surface area contributed by atoms with E-state index in [1.807, 2.05) is 0 Å². The minimum atomic E-state index is -0.0900. The van der Waals surface area contributed by atoms with E-state index in [1.165, 1.54) is 302 Å². The van der Waals surface area contributed by atoms with Crippen molar-refractivity contribution in [1.82, 2.24) is 5.32 Å². The summed E-state index contributed by atoms with van der Waals surface area (Å²) in [5, 5.41) is 3.14. The summed E-state index contributed by atoms with van der Waals surface area (Å²) in [6.07, 6.45) is 70.6. The van der Waals surface area contributed by atoms with E-state index in [4.69, 9.17) is 30.5 Å². The Labute approximate surface area is 595 Å². The minimum Gasteiger partial charge on any atom is -0.379 e. The van der Waals surface area contributed by atoms with Crippen LogP contribution in [0.1, 0.15) is 397 Å². The Bertz CT molecular complexity index is 1570. The number of nitrogens with one attached hydrogen (secondary N) is 1. The number of rotatable bonds is 73. The number of likely N-dealkylation sites (N-methyl/N-ethyl adjacent to an activating group) is 1. The third kappa shape index (κ3) is 63.7. The number of alkyl halides is 1. The zero-order valence-electron chi connectivity index (χ0n) is 66.2. The molecule has 1 rings (SSSR count). The van der Waals surface area contributed by atoms with Gasteiger partial charge in [0.05, 0.1) is 52.4 Å². The lowest BCUT2D eigenvalue weighted by molar-refractivity contribution is -0.862. The summed E-state index contributed by atoms with van der Waals surface area (Å²) in [5.74, 6) is 9.21. The molecule has 1 saturated carbocycles. The molecule has 0 spiro atoms. The summed E-state index contributed by atoms with van der Waals surface area (Å²) in [5.41, 5.74) is 0. The highest BCUT2D eigenvalue weighted by molar-refractivity contribution is 6.18. The van der Waals surface area contributed by atoms with Crippen molar-refractivity contribution >= 4 is 17.5 Å². The molecular weight excluding hydrogens is 1180 g/mol. The number of ether oxygens (including phenoxy) is 4. The molecule has 7 nitrogen and oxygen atoms in total. The van der Waals surface area contributed by atoms with E-state index in [2.05, 4.69) is 95.7 Å². The average molecular weight is 1350 g/mol. The molecule has 0 aromatic carbocycles. The average Bonchev–Trinajstić information content (AvgIpc) is 3.22. The van der Waals surface area contributed by atoms with Crippen molar-refractivity contribution < 1.29 is 28.2 Å². The van der Waals surface area contributed by atoms with E-state index in [1.54, 1.807) is 0 Å². The Hall–Kier alpha value is -0.440. The topological polar surface area (TPSA) is 66.0 Å². The summed E-state index contributed by atoms with van der Waals surface area (Å²) < 4.78 is 25.3. The van der Waals surface area contributed by atoms with Crippen LogP contribution in [0, 0.1) is 59.2 Å². The Balaban J connectivity index is 1.93. The summed E-state index contributed by atoms with van der Waals surface area (Å²) in [6, 6.07) is 0. The second-order valence-corrected chi connectivity index (χ2v) is 34.7. The molecule has 1 N–H and O–H groups in total. The lowest BCUT2D eigenvalue weighted by Gasteiger charge is -2.24. The minimum absolute atomic E-state index is 0.0271. The van der Waals surface area contributed by atoms with Crippen molar-refractivity contribution in [3.63, 3.8) is 0 Å². The van der Waals surface area contributed by atoms with E-state index >= 15 is 0 Å². The molecule has 1 aliphatic rings. The molecule has 2 unspecified atom stereocenters. The lowest BCUT2D eigenvalue weighted by atomic mass is 9.91. The van der Waals surface area contributed by atoms with Crippen LogP contribution in [0.4, 0.5) is 0 Å². The molecule has 1 amide bonds. The number of quaternary nitrogens is 1. The third-order valence-electron chi connectivity index (χ3n) is 21.8. The summed E-state index contributed by atoms with van der Waals surface area (Å²) >= 11 is 6.26. The van der Waals surface area contributed by atoms with Gasteiger partial charge in [-0.3, -0.25) is 4.79 Å². The zero-order chi connectivity index (χ0) is 69.0. The monoisotopic (exact) mass is 1350 g/mol. The fourth-order valence-electron chi connectivity index (χ4n) is 15.1. The van der Waals surface area contributed by atoms with Crippen LogP contribution in [0.3, 0.4) is 0 Å². The van der Waals surface area contributed by atoms with Gasteiger partial charge in [0.1, 0.15) is 0 Å². The number of carbonyl (C=O) groups excluding carboxylic acids is 1. The van der Waals surface area contributed by atoms with Crippen LogP contribution in [0.25, 0.3) is 0 Å². The summed E-state index contributed by atoms with van der Waals surface area (Å²) in [4.78, 5) is 12.7. The largest absolute Gasteiger partial charge is 0.379 e. The van der Waals surface area contributed by atoms with Gasteiger partial charge in [-0.15, -0.1) is 11.6 Å². The van der Waals surface area contributed by atoms with Crippen LogP contribution < -0.4 is 5.32 Å². The Morgan fingerprint density at radius 3 is 0.947 bits per heavy atom. The molecular formula is C86H172ClN2O5+. The van der Waals surface area contributed by atoms with Crippen molar-refractivity contribution in [3.05, 3.63) is 0 Å². The maximum absolute atomic E-state index is 12.7. The fourth-order valence-corrected chi connectivity index (χ4v) is 15.2. The van der Waals surface area contributed by atoms with Gasteiger partial charge in [-0.25, -0.2) is 0 Å². The maximum atomic E-state index is 12.7. The van der Waals surface area contributed by atoms with Gasteiger partial charge in [-0.1, -0.05) is 365 Å². The molecule has 562 valence electrons. The molecule has 0 aromatic heterocycles. The number of carbonyl (C=O) groups is 1. The molecule has 8 heteroatoms. The van der Waals surface area contributed by atoms with Crippen molar-refractivity contribution in [1.29, 1.82) is 0 Å². The Morgan fingerprint density at radius 1 is 0.362 bits per heavy atom. The number of nitrogens with zero attached hydrogens (tertiary/aromatic N) is 1. The first kappa shape index (κ1) is 91.6. The van der Waals surface area contributed by atoms with Crippen LogP contribution in [-0.4, -0.2) is 102 Å². The molecule has 94 heavy (non-hydrogen) atoms. The van der Waals surface area contributed by atoms with Crippen molar-refractivity contribution in [2.45, 2.75) is 409 Å². The molecule has 0 aromatic rings. The van der Waals surface area contributed by atoms with Gasteiger partial charge in [-0.05, 0) is 91.3 Å². The number of hydrogen-bond acceptors (Lipinski definition) is 5. The van der Waals surface area contributed by atoms with Crippen molar-refractivity contribution in [3.8, 4) is 0 Å². The van der Waals surface area contributed by atoms with Gasteiger partial charge >= 0.3 is 0 Å². The van der Waals surface area contributed by atoms with Gasteiger partial charge in [-0.2, -0.15) is 0 Å². The number of unbranched alkanes of at least 4 members (excludes halogenated alkanes) is 24. The summed E-state index contributed by atoms with van der Waals surface area (Å²) in [7, 11) is 6.18. The SMILES string of the molecule is CC(C)CCC[C@@H](C)CCC[C@@H](C)CCCC(C)CCO[C@H](CCl)COCCCCCCCCCCCCCCC[C@H]1CC[C@@H](CCCCCCCCCCCCCCCOC[C@@H](CNC(=O)C[N+](C)(C)C)OCCC(C)CCC[C@H](C)CCC[C@H](C)CCCC(C)C)C1. The molecule has 1 aliphatic carbocycles. The predicted octanol–water partition coefficient (Wildman–Crippen LogP) is 26.1. The second kappa shape index (κ2) is 64.6. The Kier molecular flexibility index (Phi) is 63.0. The van der Waals surface area contributed by atoms with Crippen LogP contribution in [-0.2, 0) is 23.7 Å². The third-order valence-corrected chi connectivity index (χ3v) is 22.2. The van der Waals surface area contributed by atoms with Gasteiger partial charge in [0.25, 0.3) is 5.91 Å². The van der Waals surface area contributed by atoms with Crippen LogP contribution in [0.5, 0.6) is 0 Å². The summed E-state index contributed by atoms with van der Waals surface area (Å²) in [6.45, 7) is 29.4. The normalized spacial score (nSPS) is 17.3. The highest BCUT2D eigenvalue weighted by atomic mass is 35.5. The highest BCUT2D eigenvalue weighted by Gasteiger charge is 2.24. The first-order chi connectivity index (χ1) is 45.3. The molecule has 1 fully saturated rings. The Morgan fingerprint density at radius 2 is 0.638 bits per heavy atom. The molecule has 0 aliphatic heterocycles. The van der Waals surface area contributed by atoms with E-state index in [0.29, 0.717) is 48.5 Å². The van der Waals surface area contributed by atoms with Gasteiger partial charge in [0, 0.05) is 33.0 Å². The molecule has 0 heterocycles. The highest BCUT2D eigenvalue weighted by Crippen LogP contribution is 2.37. The van der Waals surface area contributed by atoms with E-state index in [9.17, 15) is 4.79 Å². The predicted molar refractivity (Wildman–Crippen MR) is 415 cm³/mol. The zero-order valence-corrected chi connectivity index (χ0v) is 67.0. The lowest BCUT2D eigenvalue weighted by Crippen LogP contribution is -2.46. The quantitative estimate of drug-likeness (QED) is 0.0373. The number of halogens is 1. The first-order valence-electron chi connectivity index (χ1n) is 42.4. The van der Waals surface area contributed by atoms with Crippen LogP contribution >= 0.6 is 11.6 Å². The number of hydrogen-bond donors (Lipinski definition) is 1. The van der Waals surface area contributed by atoms with Gasteiger partial charge in [0.15, 0.2) is 6.54 Å². The maximum Gasteiger partial charge on any atom is 0.275 e. The molecule has 0 bridgehead atoms. The fraction of sp³-hybridized carbons (Fsp3) is 0.988. The number of amides is 1. The standard InChI is InChI=1S/C86H171ClN2O5/c1-74(2)46-40-48-76(5)50-42-52-78(7)54-44-56-80(9)62-66-93-84(69-87)72-91-64-38-34-30-26-22-18-14-16-20-24-28-32-36-58-82-60-61-83(68-82)59-37-33-29-25-21-17-15-19-23-27-31-35-39-65-92-73-85(70-88-86(90)71-89(11,12)13)94-67-63-81(10)57-45-55-79(8)53-43-51-77(6)49-41-47-75(3)4/h74-85H,14-73H2,1-13H3/p+1/t76-,77-,78-,79-,80?,81?,82+,83-,84-,85-/m1/s1. The van der Waals surface area contributed by atoms with Gasteiger partial charge in [0.2, 0.25) is 0 Å². The van der Waals surface area contributed by atoms with Crippen molar-refractivity contribution in [2.24, 2.45) is 59.2 Å².